The van der Waals surface area contributed by atoms with E-state index in [0.717, 1.165) is 26.0 Å². The zero-order valence-corrected chi connectivity index (χ0v) is 9.28. The molecule has 0 saturated carbocycles. The van der Waals surface area contributed by atoms with Crippen LogP contribution in [0.5, 0.6) is 0 Å². The number of benzene rings is 1. The lowest BCUT2D eigenvalue weighted by atomic mass is 9.94. The van der Waals surface area contributed by atoms with Crippen molar-refractivity contribution < 1.29 is 28.5 Å². The molecule has 1 aromatic rings. The lowest BCUT2D eigenvalue weighted by Gasteiger charge is -2.28. The first-order valence-corrected chi connectivity index (χ1v) is 4.78. The minimum absolute atomic E-state index is 0.368. The molecule has 0 amide bonds. The van der Waals surface area contributed by atoms with E-state index in [1.807, 2.05) is 0 Å². The van der Waals surface area contributed by atoms with Crippen LogP contribution in [-0.2, 0) is 15.1 Å². The number of halogens is 2. The maximum atomic E-state index is 13.4. The Bertz CT molecular complexity index is 431. The molecule has 0 aromatic heterocycles. The maximum Gasteiger partial charge on any atom is 0.305 e. The van der Waals surface area contributed by atoms with Gasteiger partial charge in [0.1, 0.15) is 11.6 Å². The normalized spacial score (nSPS) is 16.1. The van der Waals surface area contributed by atoms with Crippen LogP contribution in [0.25, 0.3) is 0 Å². The molecule has 0 aliphatic carbocycles. The summed E-state index contributed by atoms with van der Waals surface area (Å²) in [5.74, 6) is -2.69. The highest BCUT2D eigenvalue weighted by atomic mass is 19.1. The van der Waals surface area contributed by atoms with Gasteiger partial charge in [0.2, 0.25) is 6.29 Å². The van der Waals surface area contributed by atoms with Gasteiger partial charge in [-0.25, -0.2) is 8.78 Å². The van der Waals surface area contributed by atoms with Crippen LogP contribution in [0.3, 0.4) is 0 Å². The van der Waals surface area contributed by atoms with Crippen molar-refractivity contribution in [3.8, 4) is 0 Å². The van der Waals surface area contributed by atoms with Gasteiger partial charge in [-0.3, -0.25) is 4.79 Å². The topological polar surface area (TPSA) is 66.8 Å². The van der Waals surface area contributed by atoms with Gasteiger partial charge in [0.15, 0.2) is 5.60 Å². The second kappa shape index (κ2) is 4.77. The van der Waals surface area contributed by atoms with E-state index < -0.39 is 29.5 Å². The van der Waals surface area contributed by atoms with Crippen LogP contribution in [0.15, 0.2) is 18.2 Å². The first-order valence-electron chi connectivity index (χ1n) is 4.78. The molecule has 0 aliphatic heterocycles. The lowest BCUT2D eigenvalue weighted by molar-refractivity contribution is -0.213. The van der Waals surface area contributed by atoms with Gasteiger partial charge in [0.05, 0.1) is 0 Å². The fourth-order valence-electron chi connectivity index (χ4n) is 1.30. The predicted molar refractivity (Wildman–Crippen MR) is 53.7 cm³/mol. The fourth-order valence-corrected chi connectivity index (χ4v) is 1.30. The number of hydrogen-bond donors (Lipinski definition) is 2. The number of carbonyl (C=O) groups excluding carboxylic acids is 1. The molecular weight excluding hydrogens is 234 g/mol. The monoisotopic (exact) mass is 246 g/mol. The molecule has 6 heteroatoms. The molecule has 2 N–H and O–H groups in total. The molecule has 1 rings (SSSR count). The summed E-state index contributed by atoms with van der Waals surface area (Å²) in [5, 5.41) is 19.3. The minimum atomic E-state index is -2.16. The average molecular weight is 246 g/mol. The van der Waals surface area contributed by atoms with E-state index in [4.69, 9.17) is 0 Å². The van der Waals surface area contributed by atoms with E-state index in [0.29, 0.717) is 6.07 Å². The number of carbonyl (C=O) groups is 1. The van der Waals surface area contributed by atoms with Gasteiger partial charge >= 0.3 is 5.97 Å². The van der Waals surface area contributed by atoms with Crippen LogP contribution in [0.4, 0.5) is 8.78 Å². The molecule has 0 radical (unpaired) electrons. The molecule has 17 heavy (non-hydrogen) atoms. The first-order chi connectivity index (χ1) is 7.75. The van der Waals surface area contributed by atoms with Crippen LogP contribution in [0.1, 0.15) is 19.4 Å². The maximum absolute atomic E-state index is 13.4. The van der Waals surface area contributed by atoms with Gasteiger partial charge in [-0.15, -0.1) is 0 Å². The van der Waals surface area contributed by atoms with Crippen LogP contribution >= 0.6 is 0 Å². The van der Waals surface area contributed by atoms with E-state index in [1.165, 1.54) is 0 Å². The molecule has 0 aliphatic rings. The molecule has 0 heterocycles. The largest absolute Gasteiger partial charge is 0.433 e. The van der Waals surface area contributed by atoms with Gasteiger partial charge in [0, 0.05) is 18.6 Å². The van der Waals surface area contributed by atoms with Crippen molar-refractivity contribution in [2.24, 2.45) is 0 Å². The summed E-state index contributed by atoms with van der Waals surface area (Å²) < 4.78 is 30.4. The van der Waals surface area contributed by atoms with E-state index >= 15 is 0 Å². The number of aliphatic hydroxyl groups excluding tert-OH is 1. The molecule has 0 spiro atoms. The summed E-state index contributed by atoms with van der Waals surface area (Å²) in [6.45, 7) is 2.08. The molecule has 0 saturated heterocycles. The molecule has 4 nitrogen and oxygen atoms in total. The Balaban J connectivity index is 3.07. The third-order valence-corrected chi connectivity index (χ3v) is 2.23. The third kappa shape index (κ3) is 2.98. The van der Waals surface area contributed by atoms with Gasteiger partial charge in [0.25, 0.3) is 0 Å². The van der Waals surface area contributed by atoms with Crippen molar-refractivity contribution in [1.29, 1.82) is 0 Å². The highest BCUT2D eigenvalue weighted by Crippen LogP contribution is 2.28. The number of aliphatic hydroxyl groups is 2. The van der Waals surface area contributed by atoms with Crippen LogP contribution in [-0.4, -0.2) is 22.5 Å². The third-order valence-electron chi connectivity index (χ3n) is 2.23. The Hall–Kier alpha value is -1.53. The summed E-state index contributed by atoms with van der Waals surface area (Å²) in [4.78, 5) is 10.6. The Kier molecular flexibility index (Phi) is 3.79. The van der Waals surface area contributed by atoms with E-state index in [1.54, 1.807) is 0 Å². The molecule has 0 fully saturated rings. The number of ether oxygens (including phenoxy) is 1. The van der Waals surface area contributed by atoms with Gasteiger partial charge in [-0.1, -0.05) is 6.07 Å². The van der Waals surface area contributed by atoms with Gasteiger partial charge < -0.3 is 14.9 Å². The Morgan fingerprint density at radius 1 is 1.47 bits per heavy atom. The second-order valence-electron chi connectivity index (χ2n) is 3.73. The highest BCUT2D eigenvalue weighted by Gasteiger charge is 2.37. The van der Waals surface area contributed by atoms with Crippen molar-refractivity contribution in [1.82, 2.24) is 0 Å². The van der Waals surface area contributed by atoms with E-state index in [9.17, 15) is 23.8 Å². The Morgan fingerprint density at radius 3 is 2.53 bits per heavy atom. The zero-order valence-electron chi connectivity index (χ0n) is 9.28. The van der Waals surface area contributed by atoms with Crippen molar-refractivity contribution >= 4 is 5.97 Å². The lowest BCUT2D eigenvalue weighted by Crippen LogP contribution is -2.40. The quantitative estimate of drug-likeness (QED) is 0.618. The van der Waals surface area contributed by atoms with Crippen molar-refractivity contribution in [3.05, 3.63) is 35.4 Å². The molecule has 1 aromatic carbocycles. The molecule has 94 valence electrons. The second-order valence-corrected chi connectivity index (χ2v) is 3.73. The SMILES string of the molecule is CC(=O)OC(O)C(C)(O)c1ccc(F)cc1F. The smallest absolute Gasteiger partial charge is 0.305 e. The minimum Gasteiger partial charge on any atom is -0.433 e. The van der Waals surface area contributed by atoms with Crippen LogP contribution in [0, 0.1) is 11.6 Å². The number of hydrogen-bond acceptors (Lipinski definition) is 4. The summed E-state index contributed by atoms with van der Waals surface area (Å²) in [6, 6.07) is 2.45. The summed E-state index contributed by atoms with van der Waals surface area (Å²) >= 11 is 0. The molecule has 2 unspecified atom stereocenters. The molecular formula is C11H12F2O4. The molecule has 0 bridgehead atoms. The van der Waals surface area contributed by atoms with Crippen molar-refractivity contribution in [3.63, 3.8) is 0 Å². The number of rotatable bonds is 3. The summed E-state index contributed by atoms with van der Waals surface area (Å²) in [6.07, 6.45) is -1.94. The Morgan fingerprint density at radius 2 is 2.06 bits per heavy atom. The zero-order chi connectivity index (χ0) is 13.2. The van der Waals surface area contributed by atoms with E-state index in [2.05, 4.69) is 4.74 Å². The van der Waals surface area contributed by atoms with Gasteiger partial charge in [-0.05, 0) is 13.0 Å². The average Bonchev–Trinajstić information content (AvgIpc) is 2.15. The van der Waals surface area contributed by atoms with E-state index in [-0.39, 0.29) is 5.56 Å². The van der Waals surface area contributed by atoms with Crippen molar-refractivity contribution in [2.45, 2.75) is 25.7 Å². The summed E-state index contributed by atoms with van der Waals surface area (Å²) in [7, 11) is 0. The summed E-state index contributed by atoms with van der Waals surface area (Å²) in [5.41, 5.74) is -2.53. The molecule has 2 atom stereocenters. The standard InChI is InChI=1S/C11H12F2O4/c1-6(14)17-10(15)11(2,16)8-4-3-7(12)5-9(8)13/h3-5,10,15-16H,1-2H3. The fraction of sp³-hybridized carbons (Fsp3) is 0.364. The predicted octanol–water partition coefficient (Wildman–Crippen LogP) is 1.05. The van der Waals surface area contributed by atoms with Gasteiger partial charge in [-0.2, -0.15) is 0 Å². The van der Waals surface area contributed by atoms with Crippen molar-refractivity contribution in [2.75, 3.05) is 0 Å². The Labute approximate surface area is 96.5 Å². The highest BCUT2D eigenvalue weighted by molar-refractivity contribution is 5.66. The van der Waals surface area contributed by atoms with Crippen LogP contribution < -0.4 is 0 Å². The van der Waals surface area contributed by atoms with Crippen LogP contribution in [0.2, 0.25) is 0 Å². The number of esters is 1. The first kappa shape index (κ1) is 13.5.